The zero-order valence-electron chi connectivity index (χ0n) is 15.2. The van der Waals surface area contributed by atoms with Crippen molar-refractivity contribution in [2.45, 2.75) is 56.4 Å². The summed E-state index contributed by atoms with van der Waals surface area (Å²) in [6, 6.07) is 6.41. The number of carbonyl (C=O) groups is 1. The average molecular weight is 399 g/mol. The van der Waals surface area contributed by atoms with Crippen molar-refractivity contribution in [1.82, 2.24) is 9.62 Å². The van der Waals surface area contributed by atoms with Crippen molar-refractivity contribution < 1.29 is 13.2 Å². The first-order valence-corrected chi connectivity index (χ1v) is 11.3. The first-order chi connectivity index (χ1) is 12.4. The summed E-state index contributed by atoms with van der Waals surface area (Å²) in [5, 5.41) is 3.68. The molecule has 2 fully saturated rings. The van der Waals surface area contributed by atoms with Crippen LogP contribution in [0.15, 0.2) is 29.2 Å². The third-order valence-electron chi connectivity index (χ3n) is 5.65. The molecular weight excluding hydrogens is 372 g/mol. The Hall–Kier alpha value is -1.11. The van der Waals surface area contributed by atoms with Gasteiger partial charge in [0.05, 0.1) is 10.8 Å². The Labute approximate surface area is 161 Å². The van der Waals surface area contributed by atoms with Gasteiger partial charge in [0.2, 0.25) is 15.9 Å². The lowest BCUT2D eigenvalue weighted by Crippen LogP contribution is -2.49. The lowest BCUT2D eigenvalue weighted by Gasteiger charge is -2.34. The van der Waals surface area contributed by atoms with Gasteiger partial charge in [0.25, 0.3) is 0 Å². The summed E-state index contributed by atoms with van der Waals surface area (Å²) in [7, 11) is -3.59. The molecule has 2 aliphatic rings. The van der Waals surface area contributed by atoms with Crippen LogP contribution in [-0.2, 0) is 14.8 Å². The minimum atomic E-state index is -3.59. The number of nitrogens with zero attached hydrogens (tertiary/aromatic N) is 1. The van der Waals surface area contributed by atoms with Gasteiger partial charge in [-0.3, -0.25) is 4.79 Å². The molecule has 1 aromatic carbocycles. The van der Waals surface area contributed by atoms with E-state index in [9.17, 15) is 13.2 Å². The van der Waals surface area contributed by atoms with Crippen molar-refractivity contribution in [2.75, 3.05) is 13.1 Å². The molecule has 26 heavy (non-hydrogen) atoms. The highest BCUT2D eigenvalue weighted by molar-refractivity contribution is 7.89. The van der Waals surface area contributed by atoms with Crippen LogP contribution in [0.25, 0.3) is 0 Å². The number of rotatable bonds is 4. The number of amides is 1. The highest BCUT2D eigenvalue weighted by Gasteiger charge is 2.34. The van der Waals surface area contributed by atoms with Gasteiger partial charge in [0.1, 0.15) is 0 Å². The summed E-state index contributed by atoms with van der Waals surface area (Å²) in [5.74, 6) is 0.213. The Bertz CT molecular complexity index is 736. The summed E-state index contributed by atoms with van der Waals surface area (Å²) in [6.07, 6.45) is 5.98. The Morgan fingerprint density at radius 2 is 1.81 bits per heavy atom. The maximum Gasteiger partial charge on any atom is 0.243 e. The number of sulfonamides is 1. The van der Waals surface area contributed by atoms with Gasteiger partial charge in [-0.1, -0.05) is 31.4 Å². The smallest absolute Gasteiger partial charge is 0.243 e. The molecule has 3 rings (SSSR count). The number of hydrogen-bond acceptors (Lipinski definition) is 3. The molecule has 1 saturated heterocycles. The minimum Gasteiger partial charge on any atom is -0.353 e. The number of carbonyl (C=O) groups excluding carboxylic acids is 1. The van der Waals surface area contributed by atoms with Crippen LogP contribution in [0.1, 0.15) is 45.4 Å². The first-order valence-electron chi connectivity index (χ1n) is 9.44. The quantitative estimate of drug-likeness (QED) is 0.844. The third kappa shape index (κ3) is 4.41. The van der Waals surface area contributed by atoms with Gasteiger partial charge in [0, 0.05) is 24.2 Å². The lowest BCUT2D eigenvalue weighted by molar-refractivity contribution is -0.127. The molecule has 1 aromatic rings. The molecule has 1 aliphatic heterocycles. The minimum absolute atomic E-state index is 0.000226. The van der Waals surface area contributed by atoms with Crippen LogP contribution in [0.4, 0.5) is 0 Å². The van der Waals surface area contributed by atoms with Crippen LogP contribution in [0, 0.1) is 11.8 Å². The second-order valence-corrected chi connectivity index (χ2v) is 9.91. The number of benzene rings is 1. The van der Waals surface area contributed by atoms with E-state index in [1.54, 1.807) is 12.1 Å². The van der Waals surface area contributed by atoms with Gasteiger partial charge in [-0.2, -0.15) is 4.31 Å². The first kappa shape index (κ1) is 19.6. The fourth-order valence-corrected chi connectivity index (χ4v) is 5.61. The summed E-state index contributed by atoms with van der Waals surface area (Å²) in [6.45, 7) is 2.88. The van der Waals surface area contributed by atoms with Crippen LogP contribution < -0.4 is 5.32 Å². The molecule has 1 amide bonds. The monoisotopic (exact) mass is 398 g/mol. The van der Waals surface area contributed by atoms with E-state index in [2.05, 4.69) is 12.2 Å². The normalized spacial score (nSPS) is 27.8. The fourth-order valence-electron chi connectivity index (χ4n) is 3.96. The molecule has 3 atom stereocenters. The second-order valence-electron chi connectivity index (χ2n) is 7.53. The molecule has 0 radical (unpaired) electrons. The highest BCUT2D eigenvalue weighted by atomic mass is 35.5. The van der Waals surface area contributed by atoms with Crippen LogP contribution in [0.3, 0.4) is 0 Å². The topological polar surface area (TPSA) is 66.5 Å². The van der Waals surface area contributed by atoms with Crippen LogP contribution >= 0.6 is 11.6 Å². The molecular formula is C19H27ClN2O3S. The summed E-state index contributed by atoms with van der Waals surface area (Å²) >= 11 is 5.86. The van der Waals surface area contributed by atoms with Gasteiger partial charge in [-0.25, -0.2) is 8.42 Å². The number of piperidine rings is 1. The van der Waals surface area contributed by atoms with Crippen molar-refractivity contribution >= 4 is 27.5 Å². The van der Waals surface area contributed by atoms with E-state index in [0.717, 1.165) is 25.7 Å². The van der Waals surface area contributed by atoms with E-state index in [0.29, 0.717) is 23.9 Å². The Morgan fingerprint density at radius 1 is 1.12 bits per heavy atom. The van der Waals surface area contributed by atoms with Crippen molar-refractivity contribution in [3.8, 4) is 0 Å². The molecule has 0 spiro atoms. The average Bonchev–Trinajstić information content (AvgIpc) is 2.64. The Balaban J connectivity index is 1.66. The molecule has 7 heteroatoms. The van der Waals surface area contributed by atoms with Gasteiger partial charge >= 0.3 is 0 Å². The van der Waals surface area contributed by atoms with E-state index in [1.165, 1.54) is 22.9 Å². The van der Waals surface area contributed by atoms with E-state index in [1.807, 2.05) is 0 Å². The van der Waals surface area contributed by atoms with E-state index < -0.39 is 10.0 Å². The van der Waals surface area contributed by atoms with Crippen LogP contribution in [0.2, 0.25) is 5.02 Å². The lowest BCUT2D eigenvalue weighted by atomic mass is 9.85. The predicted octanol–water partition coefficient (Wildman–Crippen LogP) is 3.44. The molecule has 1 N–H and O–H groups in total. The maximum absolute atomic E-state index is 12.9. The second kappa shape index (κ2) is 8.28. The van der Waals surface area contributed by atoms with Crippen molar-refractivity contribution in [2.24, 2.45) is 11.8 Å². The number of hydrogen-bond donors (Lipinski definition) is 1. The predicted molar refractivity (Wildman–Crippen MR) is 102 cm³/mol. The molecule has 0 unspecified atom stereocenters. The standard InChI is InChI=1S/C19H27ClN2O3S/c1-14-5-2-3-7-18(14)21-19(23)15-6-4-12-22(13-15)26(24,25)17-10-8-16(20)9-11-17/h8-11,14-15,18H,2-7,12-13H2,1H3,(H,21,23)/t14-,15+,18+/m0/s1. The highest BCUT2D eigenvalue weighted by Crippen LogP contribution is 2.27. The fraction of sp³-hybridized carbons (Fsp3) is 0.632. The van der Waals surface area contributed by atoms with E-state index in [-0.39, 0.29) is 29.3 Å². The number of halogens is 1. The summed E-state index contributed by atoms with van der Waals surface area (Å²) in [4.78, 5) is 12.9. The number of nitrogens with one attached hydrogen (secondary N) is 1. The largest absolute Gasteiger partial charge is 0.353 e. The molecule has 0 bridgehead atoms. The maximum atomic E-state index is 12.9. The SMILES string of the molecule is C[C@H]1CCCC[C@H]1NC(=O)[C@@H]1CCCN(S(=O)(=O)c2ccc(Cl)cc2)C1. The Kier molecular flexibility index (Phi) is 6.25. The molecule has 5 nitrogen and oxygen atoms in total. The Morgan fingerprint density at radius 3 is 2.50 bits per heavy atom. The van der Waals surface area contributed by atoms with Crippen LogP contribution in [-0.4, -0.2) is 37.8 Å². The van der Waals surface area contributed by atoms with Gasteiger partial charge < -0.3 is 5.32 Å². The summed E-state index contributed by atoms with van der Waals surface area (Å²) < 4.78 is 27.2. The van der Waals surface area contributed by atoms with Crippen LogP contribution in [0.5, 0.6) is 0 Å². The molecule has 144 valence electrons. The van der Waals surface area contributed by atoms with Gasteiger partial charge in [-0.15, -0.1) is 0 Å². The molecule has 1 aliphatic carbocycles. The van der Waals surface area contributed by atoms with E-state index in [4.69, 9.17) is 11.6 Å². The van der Waals surface area contributed by atoms with Gasteiger partial charge in [0.15, 0.2) is 0 Å². The van der Waals surface area contributed by atoms with Gasteiger partial charge in [-0.05, 0) is 55.9 Å². The molecule has 1 saturated carbocycles. The van der Waals surface area contributed by atoms with Crippen molar-refractivity contribution in [3.05, 3.63) is 29.3 Å². The van der Waals surface area contributed by atoms with Crippen molar-refractivity contribution in [3.63, 3.8) is 0 Å². The zero-order chi connectivity index (χ0) is 18.7. The van der Waals surface area contributed by atoms with E-state index >= 15 is 0 Å². The molecule has 1 heterocycles. The zero-order valence-corrected chi connectivity index (χ0v) is 16.7. The third-order valence-corrected chi connectivity index (χ3v) is 7.78. The molecule has 0 aromatic heterocycles. The summed E-state index contributed by atoms with van der Waals surface area (Å²) in [5.41, 5.74) is 0. The van der Waals surface area contributed by atoms with Crippen molar-refractivity contribution in [1.29, 1.82) is 0 Å².